The molecule has 6 nitrogen and oxygen atoms in total. The molecule has 0 saturated carbocycles. The van der Waals surface area contributed by atoms with Crippen LogP contribution in [0.1, 0.15) is 20.3 Å². The van der Waals surface area contributed by atoms with Crippen molar-refractivity contribution in [3.8, 4) is 0 Å². The van der Waals surface area contributed by atoms with Crippen molar-refractivity contribution in [2.45, 2.75) is 25.2 Å². The summed E-state index contributed by atoms with van der Waals surface area (Å²) >= 11 is 0. The maximum absolute atomic E-state index is 12.3. The topological polar surface area (TPSA) is 69.7 Å². The van der Waals surface area contributed by atoms with Gasteiger partial charge in [0.15, 0.2) is 0 Å². The van der Waals surface area contributed by atoms with E-state index in [-0.39, 0.29) is 10.8 Å². The lowest BCUT2D eigenvalue weighted by Crippen LogP contribution is -2.42. The first-order chi connectivity index (χ1) is 11.2. The lowest BCUT2D eigenvalue weighted by molar-refractivity contribution is -0.117. The van der Waals surface area contributed by atoms with Crippen molar-refractivity contribution >= 4 is 21.6 Å². The second-order valence-corrected chi connectivity index (χ2v) is 9.16. The summed E-state index contributed by atoms with van der Waals surface area (Å²) in [6.07, 6.45) is 1.20. The number of amides is 1. The molecule has 0 aromatic heterocycles. The minimum Gasteiger partial charge on any atom is -0.325 e. The van der Waals surface area contributed by atoms with Gasteiger partial charge in [-0.3, -0.25) is 9.69 Å². The average molecular weight is 353 g/mol. The highest BCUT2D eigenvalue weighted by atomic mass is 32.2. The summed E-state index contributed by atoms with van der Waals surface area (Å²) in [4.78, 5) is 14.6. The molecule has 1 aliphatic rings. The molecular weight excluding hydrogens is 326 g/mol. The van der Waals surface area contributed by atoms with Crippen LogP contribution in [0, 0.1) is 11.8 Å². The molecule has 0 bridgehead atoms. The van der Waals surface area contributed by atoms with E-state index >= 15 is 0 Å². The number of sulfonamides is 1. The highest BCUT2D eigenvalue weighted by Gasteiger charge is 2.23. The number of nitrogens with zero attached hydrogens (tertiary/aromatic N) is 2. The van der Waals surface area contributed by atoms with Crippen LogP contribution >= 0.6 is 0 Å². The number of rotatable bonds is 5. The van der Waals surface area contributed by atoms with E-state index in [1.165, 1.54) is 32.6 Å². The molecule has 2 rings (SSSR count). The molecule has 1 aromatic carbocycles. The lowest BCUT2D eigenvalue weighted by Gasteiger charge is -2.34. The van der Waals surface area contributed by atoms with Gasteiger partial charge in [-0.2, -0.15) is 0 Å². The van der Waals surface area contributed by atoms with Gasteiger partial charge in [-0.25, -0.2) is 12.7 Å². The Balaban J connectivity index is 2.02. The number of anilines is 1. The maximum atomic E-state index is 12.3. The predicted octanol–water partition coefficient (Wildman–Crippen LogP) is 1.85. The van der Waals surface area contributed by atoms with Gasteiger partial charge in [-0.05, 0) is 36.5 Å². The quantitative estimate of drug-likeness (QED) is 0.877. The minimum absolute atomic E-state index is 0.115. The van der Waals surface area contributed by atoms with Gasteiger partial charge < -0.3 is 5.32 Å². The molecule has 1 fully saturated rings. The Morgan fingerprint density at radius 2 is 1.88 bits per heavy atom. The van der Waals surface area contributed by atoms with E-state index in [4.69, 9.17) is 0 Å². The number of carbonyl (C=O) groups excluding carboxylic acids is 1. The standard InChI is InChI=1S/C17H27N3O3S/c1-13-8-14(2)11-20(10-13)12-17(21)18-15-6-5-7-16(9-15)24(22,23)19(3)4/h5-7,9,13-14H,8,10-12H2,1-4H3,(H,18,21). The molecule has 0 aliphatic carbocycles. The van der Waals surface area contributed by atoms with Crippen molar-refractivity contribution in [2.24, 2.45) is 11.8 Å². The molecule has 24 heavy (non-hydrogen) atoms. The first kappa shape index (κ1) is 18.9. The van der Waals surface area contributed by atoms with Gasteiger partial charge >= 0.3 is 0 Å². The van der Waals surface area contributed by atoms with Crippen LogP contribution in [0.5, 0.6) is 0 Å². The van der Waals surface area contributed by atoms with Gasteiger partial charge in [-0.1, -0.05) is 19.9 Å². The average Bonchev–Trinajstić information content (AvgIpc) is 2.45. The molecular formula is C17H27N3O3S. The van der Waals surface area contributed by atoms with E-state index in [1.807, 2.05) is 0 Å². The van der Waals surface area contributed by atoms with Gasteiger partial charge in [0, 0.05) is 32.9 Å². The van der Waals surface area contributed by atoms with E-state index in [9.17, 15) is 13.2 Å². The van der Waals surface area contributed by atoms with Crippen molar-refractivity contribution in [3.63, 3.8) is 0 Å². The zero-order valence-electron chi connectivity index (χ0n) is 14.8. The molecule has 1 N–H and O–H groups in total. The normalized spacial score (nSPS) is 22.5. The number of likely N-dealkylation sites (tertiary alicyclic amines) is 1. The van der Waals surface area contributed by atoms with Gasteiger partial charge in [0.1, 0.15) is 0 Å². The number of hydrogen-bond acceptors (Lipinski definition) is 4. The van der Waals surface area contributed by atoms with Crippen LogP contribution in [0.4, 0.5) is 5.69 Å². The Morgan fingerprint density at radius 3 is 2.46 bits per heavy atom. The molecule has 1 aromatic rings. The SMILES string of the molecule is CC1CC(C)CN(CC(=O)Nc2cccc(S(=O)(=O)N(C)C)c2)C1. The first-order valence-electron chi connectivity index (χ1n) is 8.23. The summed E-state index contributed by atoms with van der Waals surface area (Å²) in [5.74, 6) is 1.07. The van der Waals surface area contributed by atoms with Crippen LogP contribution in [-0.2, 0) is 14.8 Å². The van der Waals surface area contributed by atoms with Gasteiger partial charge in [0.05, 0.1) is 11.4 Å². The summed E-state index contributed by atoms with van der Waals surface area (Å²) in [6.45, 7) is 6.59. The van der Waals surface area contributed by atoms with Crippen molar-refractivity contribution in [1.29, 1.82) is 0 Å². The van der Waals surface area contributed by atoms with Crippen LogP contribution in [0.3, 0.4) is 0 Å². The molecule has 0 radical (unpaired) electrons. The minimum atomic E-state index is -3.51. The number of carbonyl (C=O) groups is 1. The Kier molecular flexibility index (Phi) is 6.01. The van der Waals surface area contributed by atoms with Crippen molar-refractivity contribution in [3.05, 3.63) is 24.3 Å². The molecule has 0 spiro atoms. The largest absolute Gasteiger partial charge is 0.325 e. The second kappa shape index (κ2) is 7.63. The highest BCUT2D eigenvalue weighted by molar-refractivity contribution is 7.89. The van der Waals surface area contributed by atoms with E-state index in [1.54, 1.807) is 12.1 Å². The molecule has 2 atom stereocenters. The van der Waals surface area contributed by atoms with E-state index in [2.05, 4.69) is 24.1 Å². The first-order valence-corrected chi connectivity index (χ1v) is 9.67. The van der Waals surface area contributed by atoms with Gasteiger partial charge in [0.2, 0.25) is 15.9 Å². The number of nitrogens with one attached hydrogen (secondary N) is 1. The number of piperidine rings is 1. The Bertz CT molecular complexity index is 678. The van der Waals surface area contributed by atoms with Crippen molar-refractivity contribution in [2.75, 3.05) is 39.0 Å². The van der Waals surface area contributed by atoms with Crippen molar-refractivity contribution < 1.29 is 13.2 Å². The highest BCUT2D eigenvalue weighted by Crippen LogP contribution is 2.21. The van der Waals surface area contributed by atoms with Crippen LogP contribution < -0.4 is 5.32 Å². The van der Waals surface area contributed by atoms with E-state index < -0.39 is 10.0 Å². The molecule has 2 unspecified atom stereocenters. The van der Waals surface area contributed by atoms with Gasteiger partial charge in [-0.15, -0.1) is 0 Å². The van der Waals surface area contributed by atoms with E-state index in [0.717, 1.165) is 17.4 Å². The summed E-state index contributed by atoms with van der Waals surface area (Å²) in [5.41, 5.74) is 0.501. The molecule has 134 valence electrons. The zero-order chi connectivity index (χ0) is 17.9. The molecule has 1 saturated heterocycles. The second-order valence-electron chi connectivity index (χ2n) is 7.00. The predicted molar refractivity (Wildman–Crippen MR) is 95.3 cm³/mol. The smallest absolute Gasteiger partial charge is 0.242 e. The number of benzene rings is 1. The van der Waals surface area contributed by atoms with Crippen LogP contribution in [0.15, 0.2) is 29.2 Å². The molecule has 1 heterocycles. The van der Waals surface area contributed by atoms with Crippen molar-refractivity contribution in [1.82, 2.24) is 9.21 Å². The lowest BCUT2D eigenvalue weighted by atomic mass is 9.92. The fraction of sp³-hybridized carbons (Fsp3) is 0.588. The molecule has 1 amide bonds. The fourth-order valence-corrected chi connectivity index (χ4v) is 4.22. The monoisotopic (exact) mass is 353 g/mol. The maximum Gasteiger partial charge on any atom is 0.242 e. The Labute approximate surface area is 144 Å². The zero-order valence-corrected chi connectivity index (χ0v) is 15.6. The van der Waals surface area contributed by atoms with Crippen LogP contribution in [0.2, 0.25) is 0 Å². The Morgan fingerprint density at radius 1 is 1.25 bits per heavy atom. The summed E-state index contributed by atoms with van der Waals surface area (Å²) < 4.78 is 25.5. The molecule has 7 heteroatoms. The van der Waals surface area contributed by atoms with Gasteiger partial charge in [0.25, 0.3) is 0 Å². The molecule has 1 aliphatic heterocycles. The van der Waals surface area contributed by atoms with Crippen LogP contribution in [0.25, 0.3) is 0 Å². The Hall–Kier alpha value is -1.44. The third-order valence-corrected chi connectivity index (χ3v) is 6.02. The third kappa shape index (κ3) is 4.78. The summed E-state index contributed by atoms with van der Waals surface area (Å²) in [6, 6.07) is 6.36. The number of hydrogen-bond donors (Lipinski definition) is 1. The van der Waals surface area contributed by atoms with Crippen LogP contribution in [-0.4, -0.2) is 57.3 Å². The third-order valence-electron chi connectivity index (χ3n) is 4.21. The summed E-state index contributed by atoms with van der Waals surface area (Å²) in [7, 11) is -0.535. The fourth-order valence-electron chi connectivity index (χ4n) is 3.27. The summed E-state index contributed by atoms with van der Waals surface area (Å²) in [5, 5.41) is 2.81. The van der Waals surface area contributed by atoms with E-state index in [0.29, 0.717) is 24.1 Å².